The van der Waals surface area contributed by atoms with Gasteiger partial charge in [-0.3, -0.25) is 4.98 Å². The van der Waals surface area contributed by atoms with Gasteiger partial charge in [0.15, 0.2) is 0 Å². The number of hydrogen-bond acceptors (Lipinski definition) is 3. The van der Waals surface area contributed by atoms with Gasteiger partial charge in [-0.2, -0.15) is 0 Å². The molecule has 1 aromatic carbocycles. The first-order valence-corrected chi connectivity index (χ1v) is 6.65. The smallest absolute Gasteiger partial charge is 0.130 e. The minimum atomic E-state index is 0.370. The Balaban J connectivity index is 1.92. The van der Waals surface area contributed by atoms with Gasteiger partial charge >= 0.3 is 0 Å². The molecule has 0 saturated carbocycles. The van der Waals surface area contributed by atoms with Crippen molar-refractivity contribution in [2.45, 2.75) is 26.5 Å². The van der Waals surface area contributed by atoms with E-state index in [-0.39, 0.29) is 0 Å². The molecule has 0 spiro atoms. The van der Waals surface area contributed by atoms with Crippen molar-refractivity contribution >= 4 is 0 Å². The van der Waals surface area contributed by atoms with Crippen LogP contribution in [-0.4, -0.2) is 11.5 Å². The molecule has 0 aliphatic rings. The van der Waals surface area contributed by atoms with Crippen molar-refractivity contribution in [3.8, 4) is 5.75 Å². The van der Waals surface area contributed by atoms with Crippen molar-refractivity contribution in [2.75, 3.05) is 6.54 Å². The third kappa shape index (κ3) is 4.07. The zero-order valence-electron chi connectivity index (χ0n) is 11.5. The lowest BCUT2D eigenvalue weighted by Crippen LogP contribution is -2.17. The monoisotopic (exact) mass is 256 g/mol. The van der Waals surface area contributed by atoms with Gasteiger partial charge < -0.3 is 10.1 Å². The third-order valence-corrected chi connectivity index (χ3v) is 3.00. The van der Waals surface area contributed by atoms with E-state index in [1.807, 2.05) is 30.3 Å². The van der Waals surface area contributed by atoms with Crippen molar-refractivity contribution in [1.82, 2.24) is 10.3 Å². The number of pyridine rings is 1. The van der Waals surface area contributed by atoms with Gasteiger partial charge in [0.25, 0.3) is 0 Å². The first kappa shape index (κ1) is 13.6. The first-order chi connectivity index (χ1) is 9.29. The highest BCUT2D eigenvalue weighted by Gasteiger charge is 2.03. The molecule has 19 heavy (non-hydrogen) atoms. The second-order valence-corrected chi connectivity index (χ2v) is 4.46. The predicted octanol–water partition coefficient (Wildman–Crippen LogP) is 3.33. The Morgan fingerprint density at radius 2 is 1.95 bits per heavy atom. The van der Waals surface area contributed by atoms with Crippen LogP contribution in [0, 0.1) is 0 Å². The Morgan fingerprint density at radius 3 is 2.58 bits per heavy atom. The van der Waals surface area contributed by atoms with Gasteiger partial charge in [-0.15, -0.1) is 0 Å². The fraction of sp³-hybridized carbons (Fsp3) is 0.312. The average molecular weight is 256 g/mol. The van der Waals surface area contributed by atoms with Gasteiger partial charge in [0.1, 0.15) is 12.4 Å². The summed E-state index contributed by atoms with van der Waals surface area (Å²) in [5, 5.41) is 3.39. The van der Waals surface area contributed by atoms with Crippen LogP contribution in [0.5, 0.6) is 5.75 Å². The van der Waals surface area contributed by atoms with E-state index in [2.05, 4.69) is 36.3 Å². The van der Waals surface area contributed by atoms with Crippen LogP contribution >= 0.6 is 0 Å². The van der Waals surface area contributed by atoms with Crippen LogP contribution in [-0.2, 0) is 6.61 Å². The van der Waals surface area contributed by atoms with E-state index in [9.17, 15) is 0 Å². The quantitative estimate of drug-likeness (QED) is 0.860. The van der Waals surface area contributed by atoms with Gasteiger partial charge in [-0.05, 0) is 43.3 Å². The standard InChI is InChI=1S/C16H20N2O/c1-3-17-13(2)14-7-9-16(10-8-14)19-12-15-6-4-5-11-18-15/h4-11,13,17H,3,12H2,1-2H3. The molecule has 2 aromatic rings. The van der Waals surface area contributed by atoms with E-state index in [1.54, 1.807) is 6.20 Å². The molecule has 3 nitrogen and oxygen atoms in total. The highest BCUT2D eigenvalue weighted by Crippen LogP contribution is 2.18. The van der Waals surface area contributed by atoms with Crippen LogP contribution < -0.4 is 10.1 Å². The fourth-order valence-electron chi connectivity index (χ4n) is 1.92. The molecule has 0 radical (unpaired) electrons. The highest BCUT2D eigenvalue weighted by atomic mass is 16.5. The summed E-state index contributed by atoms with van der Waals surface area (Å²) < 4.78 is 5.70. The van der Waals surface area contributed by atoms with Crippen LogP contribution in [0.3, 0.4) is 0 Å². The van der Waals surface area contributed by atoms with Crippen molar-refractivity contribution in [2.24, 2.45) is 0 Å². The largest absolute Gasteiger partial charge is 0.487 e. The first-order valence-electron chi connectivity index (χ1n) is 6.65. The lowest BCUT2D eigenvalue weighted by Gasteiger charge is -2.13. The Bertz CT molecular complexity index is 482. The summed E-state index contributed by atoms with van der Waals surface area (Å²) >= 11 is 0. The van der Waals surface area contributed by atoms with Crippen molar-refractivity contribution in [3.63, 3.8) is 0 Å². The number of aromatic nitrogens is 1. The lowest BCUT2D eigenvalue weighted by atomic mass is 10.1. The molecule has 100 valence electrons. The summed E-state index contributed by atoms with van der Waals surface area (Å²) in [6, 6.07) is 14.4. The molecule has 1 aromatic heterocycles. The molecule has 1 atom stereocenters. The van der Waals surface area contributed by atoms with Gasteiger partial charge in [-0.1, -0.05) is 25.1 Å². The second kappa shape index (κ2) is 6.90. The summed E-state index contributed by atoms with van der Waals surface area (Å²) in [4.78, 5) is 4.23. The molecule has 1 N–H and O–H groups in total. The maximum absolute atomic E-state index is 5.70. The molecular formula is C16H20N2O. The molecule has 0 aliphatic heterocycles. The van der Waals surface area contributed by atoms with E-state index in [0.717, 1.165) is 18.0 Å². The van der Waals surface area contributed by atoms with Gasteiger partial charge in [0, 0.05) is 12.2 Å². The Hall–Kier alpha value is -1.87. The zero-order valence-corrected chi connectivity index (χ0v) is 11.5. The Labute approximate surface area is 114 Å². The molecular weight excluding hydrogens is 236 g/mol. The summed E-state index contributed by atoms with van der Waals surface area (Å²) in [5.41, 5.74) is 2.21. The molecule has 0 saturated heterocycles. The van der Waals surface area contributed by atoms with Crippen LogP contribution in [0.15, 0.2) is 48.7 Å². The van der Waals surface area contributed by atoms with E-state index in [1.165, 1.54) is 5.56 Å². The molecule has 0 amide bonds. The molecule has 2 rings (SSSR count). The number of hydrogen-bond donors (Lipinski definition) is 1. The van der Waals surface area contributed by atoms with Crippen molar-refractivity contribution in [3.05, 3.63) is 59.9 Å². The van der Waals surface area contributed by atoms with E-state index < -0.39 is 0 Å². The molecule has 1 heterocycles. The second-order valence-electron chi connectivity index (χ2n) is 4.46. The van der Waals surface area contributed by atoms with Gasteiger partial charge in [0.2, 0.25) is 0 Å². The van der Waals surface area contributed by atoms with Crippen molar-refractivity contribution < 1.29 is 4.74 Å². The SMILES string of the molecule is CCNC(C)c1ccc(OCc2ccccn2)cc1. The normalized spacial score (nSPS) is 12.1. The third-order valence-electron chi connectivity index (χ3n) is 3.00. The fourth-order valence-corrected chi connectivity index (χ4v) is 1.92. The van der Waals surface area contributed by atoms with Crippen LogP contribution in [0.25, 0.3) is 0 Å². The molecule has 0 bridgehead atoms. The summed E-state index contributed by atoms with van der Waals surface area (Å²) in [6.07, 6.45) is 1.78. The highest BCUT2D eigenvalue weighted by molar-refractivity contribution is 5.29. The minimum absolute atomic E-state index is 0.370. The topological polar surface area (TPSA) is 34.1 Å². The molecule has 0 fully saturated rings. The molecule has 0 aliphatic carbocycles. The predicted molar refractivity (Wildman–Crippen MR) is 77.1 cm³/mol. The van der Waals surface area contributed by atoms with E-state index >= 15 is 0 Å². The van der Waals surface area contributed by atoms with E-state index in [0.29, 0.717) is 12.6 Å². The minimum Gasteiger partial charge on any atom is -0.487 e. The molecule has 3 heteroatoms. The summed E-state index contributed by atoms with van der Waals surface area (Å²) in [6.45, 7) is 5.75. The number of rotatable bonds is 6. The maximum Gasteiger partial charge on any atom is 0.130 e. The van der Waals surface area contributed by atoms with Crippen molar-refractivity contribution in [1.29, 1.82) is 0 Å². The maximum atomic E-state index is 5.70. The number of benzene rings is 1. The van der Waals surface area contributed by atoms with Gasteiger partial charge in [0.05, 0.1) is 5.69 Å². The summed E-state index contributed by atoms with van der Waals surface area (Å²) in [5.74, 6) is 0.873. The number of ether oxygens (including phenoxy) is 1. The van der Waals surface area contributed by atoms with Crippen LogP contribution in [0.4, 0.5) is 0 Å². The Morgan fingerprint density at radius 1 is 1.16 bits per heavy atom. The zero-order chi connectivity index (χ0) is 13.5. The van der Waals surface area contributed by atoms with E-state index in [4.69, 9.17) is 4.74 Å². The number of nitrogens with one attached hydrogen (secondary N) is 1. The number of nitrogens with zero attached hydrogens (tertiary/aromatic N) is 1. The average Bonchev–Trinajstić information content (AvgIpc) is 2.47. The lowest BCUT2D eigenvalue weighted by molar-refractivity contribution is 0.301. The summed E-state index contributed by atoms with van der Waals surface area (Å²) in [7, 11) is 0. The van der Waals surface area contributed by atoms with Crippen LogP contribution in [0.2, 0.25) is 0 Å². The van der Waals surface area contributed by atoms with Gasteiger partial charge in [-0.25, -0.2) is 0 Å². The van der Waals surface area contributed by atoms with Crippen LogP contribution in [0.1, 0.15) is 31.1 Å². The molecule has 1 unspecified atom stereocenters. The Kier molecular flexibility index (Phi) is 4.93.